The quantitative estimate of drug-likeness (QED) is 0.892. The van der Waals surface area contributed by atoms with Crippen molar-refractivity contribution in [2.45, 2.75) is 19.1 Å². The standard InChI is InChI=1S/C11H12Cl2N2O4/c1-5(18-10(14)16)9(19-11(15)17)7-3-2-6(12)4-8(7)13/h2-5,9H,1H3,(H2,14,16)(H2,15,17). The van der Waals surface area contributed by atoms with Crippen LogP contribution in [-0.2, 0) is 9.47 Å². The van der Waals surface area contributed by atoms with E-state index >= 15 is 0 Å². The molecule has 2 unspecified atom stereocenters. The maximum Gasteiger partial charge on any atom is 0.405 e. The summed E-state index contributed by atoms with van der Waals surface area (Å²) in [6.45, 7) is 1.49. The average Bonchev–Trinajstić information content (AvgIpc) is 2.25. The number of hydrogen-bond donors (Lipinski definition) is 2. The van der Waals surface area contributed by atoms with Crippen LogP contribution in [0.2, 0.25) is 10.0 Å². The summed E-state index contributed by atoms with van der Waals surface area (Å²) in [4.78, 5) is 21.7. The lowest BCUT2D eigenvalue weighted by molar-refractivity contribution is 0.00419. The second kappa shape index (κ2) is 6.49. The molecule has 1 aromatic carbocycles. The Hall–Kier alpha value is -1.66. The lowest BCUT2D eigenvalue weighted by Gasteiger charge is -2.23. The molecule has 0 spiro atoms. The van der Waals surface area contributed by atoms with E-state index < -0.39 is 24.4 Å². The Morgan fingerprint density at radius 2 is 1.74 bits per heavy atom. The van der Waals surface area contributed by atoms with Crippen LogP contribution in [0.4, 0.5) is 9.59 Å². The molecule has 2 atom stereocenters. The zero-order chi connectivity index (χ0) is 14.6. The highest BCUT2D eigenvalue weighted by Crippen LogP contribution is 2.31. The second-order valence-electron chi connectivity index (χ2n) is 3.67. The molecule has 0 saturated carbocycles. The normalized spacial score (nSPS) is 13.4. The molecule has 0 aliphatic rings. The van der Waals surface area contributed by atoms with Gasteiger partial charge in [-0.3, -0.25) is 0 Å². The third kappa shape index (κ3) is 4.50. The van der Waals surface area contributed by atoms with Crippen LogP contribution >= 0.6 is 23.2 Å². The maximum atomic E-state index is 10.9. The highest BCUT2D eigenvalue weighted by Gasteiger charge is 2.27. The van der Waals surface area contributed by atoms with Crippen LogP contribution < -0.4 is 11.5 Å². The van der Waals surface area contributed by atoms with Gasteiger partial charge in [0.2, 0.25) is 0 Å². The van der Waals surface area contributed by atoms with E-state index in [1.807, 2.05) is 0 Å². The van der Waals surface area contributed by atoms with Crippen molar-refractivity contribution in [3.05, 3.63) is 33.8 Å². The lowest BCUT2D eigenvalue weighted by atomic mass is 10.1. The molecule has 19 heavy (non-hydrogen) atoms. The topological polar surface area (TPSA) is 105 Å². The molecule has 0 radical (unpaired) electrons. The Morgan fingerprint density at radius 1 is 1.16 bits per heavy atom. The molecule has 0 aliphatic carbocycles. The molecule has 104 valence electrons. The maximum absolute atomic E-state index is 10.9. The van der Waals surface area contributed by atoms with E-state index in [1.54, 1.807) is 12.1 Å². The minimum Gasteiger partial charge on any atom is -0.442 e. The van der Waals surface area contributed by atoms with Gasteiger partial charge in [0, 0.05) is 15.6 Å². The number of rotatable bonds is 4. The van der Waals surface area contributed by atoms with Gasteiger partial charge in [-0.1, -0.05) is 29.3 Å². The predicted octanol–water partition coefficient (Wildman–Crippen LogP) is 2.61. The van der Waals surface area contributed by atoms with Crippen LogP contribution in [0, 0.1) is 0 Å². The number of carbonyl (C=O) groups excluding carboxylic acids is 2. The van der Waals surface area contributed by atoms with Gasteiger partial charge >= 0.3 is 12.2 Å². The van der Waals surface area contributed by atoms with Gasteiger partial charge in [-0.2, -0.15) is 0 Å². The summed E-state index contributed by atoms with van der Waals surface area (Å²) < 4.78 is 9.67. The van der Waals surface area contributed by atoms with Gasteiger partial charge in [-0.25, -0.2) is 9.59 Å². The van der Waals surface area contributed by atoms with Crippen LogP contribution in [0.25, 0.3) is 0 Å². The Morgan fingerprint density at radius 3 is 2.21 bits per heavy atom. The molecule has 1 rings (SSSR count). The van der Waals surface area contributed by atoms with Gasteiger partial charge in [0.1, 0.15) is 6.10 Å². The summed E-state index contributed by atoms with van der Waals surface area (Å²) >= 11 is 11.8. The van der Waals surface area contributed by atoms with E-state index in [1.165, 1.54) is 13.0 Å². The van der Waals surface area contributed by atoms with Crippen molar-refractivity contribution >= 4 is 35.4 Å². The van der Waals surface area contributed by atoms with Crippen molar-refractivity contribution < 1.29 is 19.1 Å². The molecule has 0 fully saturated rings. The molecule has 8 heteroatoms. The van der Waals surface area contributed by atoms with Crippen molar-refractivity contribution in [3.63, 3.8) is 0 Å². The molecule has 1 aromatic rings. The summed E-state index contributed by atoms with van der Waals surface area (Å²) in [5.41, 5.74) is 10.3. The van der Waals surface area contributed by atoms with Gasteiger partial charge < -0.3 is 20.9 Å². The van der Waals surface area contributed by atoms with Crippen molar-refractivity contribution in [1.82, 2.24) is 0 Å². The molecule has 0 saturated heterocycles. The predicted molar refractivity (Wildman–Crippen MR) is 70.0 cm³/mol. The highest BCUT2D eigenvalue weighted by atomic mass is 35.5. The zero-order valence-corrected chi connectivity index (χ0v) is 11.4. The molecular formula is C11H12Cl2N2O4. The molecule has 0 aliphatic heterocycles. The first kappa shape index (κ1) is 15.4. The number of primary amides is 2. The number of halogens is 2. The van der Waals surface area contributed by atoms with Gasteiger partial charge in [-0.15, -0.1) is 0 Å². The number of carbonyl (C=O) groups is 2. The number of hydrogen-bond acceptors (Lipinski definition) is 4. The van der Waals surface area contributed by atoms with Gasteiger partial charge in [0.25, 0.3) is 0 Å². The number of nitrogens with two attached hydrogens (primary N) is 2. The third-order valence-electron chi connectivity index (χ3n) is 2.24. The van der Waals surface area contributed by atoms with E-state index in [4.69, 9.17) is 44.1 Å². The van der Waals surface area contributed by atoms with Crippen LogP contribution in [0.15, 0.2) is 18.2 Å². The number of ether oxygens (including phenoxy) is 2. The van der Waals surface area contributed by atoms with Crippen LogP contribution in [0.3, 0.4) is 0 Å². The number of benzene rings is 1. The highest BCUT2D eigenvalue weighted by molar-refractivity contribution is 6.35. The van der Waals surface area contributed by atoms with Crippen LogP contribution in [-0.4, -0.2) is 18.3 Å². The molecular weight excluding hydrogens is 295 g/mol. The zero-order valence-electron chi connectivity index (χ0n) is 9.93. The van der Waals surface area contributed by atoms with E-state index in [0.717, 1.165) is 0 Å². The monoisotopic (exact) mass is 306 g/mol. The van der Waals surface area contributed by atoms with Gasteiger partial charge in [0.05, 0.1) is 0 Å². The van der Waals surface area contributed by atoms with Crippen molar-refractivity contribution in [2.75, 3.05) is 0 Å². The van der Waals surface area contributed by atoms with E-state index in [9.17, 15) is 9.59 Å². The largest absolute Gasteiger partial charge is 0.442 e. The van der Waals surface area contributed by atoms with Crippen molar-refractivity contribution in [1.29, 1.82) is 0 Å². The minimum atomic E-state index is -1.03. The Labute approximate surface area is 119 Å². The van der Waals surface area contributed by atoms with E-state index in [-0.39, 0.29) is 5.02 Å². The lowest BCUT2D eigenvalue weighted by Crippen LogP contribution is -2.30. The Kier molecular flexibility index (Phi) is 5.26. The molecule has 6 nitrogen and oxygen atoms in total. The van der Waals surface area contributed by atoms with E-state index in [0.29, 0.717) is 10.6 Å². The molecule has 2 amide bonds. The Balaban J connectivity index is 3.08. The molecule has 0 heterocycles. The summed E-state index contributed by atoms with van der Waals surface area (Å²) in [5.74, 6) is 0. The third-order valence-corrected chi connectivity index (χ3v) is 2.80. The van der Waals surface area contributed by atoms with Crippen LogP contribution in [0.5, 0.6) is 0 Å². The smallest absolute Gasteiger partial charge is 0.405 e. The first-order valence-electron chi connectivity index (χ1n) is 5.18. The second-order valence-corrected chi connectivity index (χ2v) is 4.51. The van der Waals surface area contributed by atoms with Gasteiger partial charge in [0.15, 0.2) is 6.10 Å². The molecule has 4 N–H and O–H groups in total. The minimum absolute atomic E-state index is 0.249. The SMILES string of the molecule is CC(OC(N)=O)C(OC(N)=O)c1ccc(Cl)cc1Cl. The van der Waals surface area contributed by atoms with E-state index in [2.05, 4.69) is 0 Å². The summed E-state index contributed by atoms with van der Waals surface area (Å²) in [5, 5.41) is 0.661. The molecule has 0 aromatic heterocycles. The summed E-state index contributed by atoms with van der Waals surface area (Å²) in [7, 11) is 0. The van der Waals surface area contributed by atoms with Crippen LogP contribution in [0.1, 0.15) is 18.6 Å². The molecule has 0 bridgehead atoms. The fourth-order valence-corrected chi connectivity index (χ4v) is 2.03. The first-order valence-corrected chi connectivity index (χ1v) is 5.94. The number of amides is 2. The summed E-state index contributed by atoms with van der Waals surface area (Å²) in [6.07, 6.45) is -3.87. The van der Waals surface area contributed by atoms with Crippen molar-refractivity contribution in [2.24, 2.45) is 11.5 Å². The average molecular weight is 307 g/mol. The van der Waals surface area contributed by atoms with Gasteiger partial charge in [-0.05, 0) is 19.1 Å². The first-order chi connectivity index (χ1) is 8.81. The van der Waals surface area contributed by atoms with Crippen molar-refractivity contribution in [3.8, 4) is 0 Å². The fraction of sp³-hybridized carbons (Fsp3) is 0.273. The summed E-state index contributed by atoms with van der Waals surface area (Å²) in [6, 6.07) is 4.56. The Bertz CT molecular complexity index is 496. The fourth-order valence-electron chi connectivity index (χ4n) is 1.51.